The van der Waals surface area contributed by atoms with Gasteiger partial charge in [0.1, 0.15) is 0 Å². The number of hydrogen-bond donors (Lipinski definition) is 0. The quantitative estimate of drug-likeness (QED) is 0.483. The van der Waals surface area contributed by atoms with Crippen LogP contribution >= 0.6 is 15.9 Å². The average molecular weight is 465 g/mol. The van der Waals surface area contributed by atoms with E-state index in [-0.39, 0.29) is 5.78 Å². The van der Waals surface area contributed by atoms with E-state index in [0.717, 1.165) is 39.7 Å². The van der Waals surface area contributed by atoms with Gasteiger partial charge in [0, 0.05) is 34.1 Å². The van der Waals surface area contributed by atoms with Gasteiger partial charge in [-0.15, -0.1) is 0 Å². The molecule has 2 aromatic heterocycles. The predicted molar refractivity (Wildman–Crippen MR) is 122 cm³/mol. The molecule has 154 valence electrons. The fourth-order valence-corrected chi connectivity index (χ4v) is 4.96. The van der Waals surface area contributed by atoms with E-state index in [4.69, 9.17) is 5.26 Å². The Labute approximate surface area is 185 Å². The van der Waals surface area contributed by atoms with Gasteiger partial charge in [0.15, 0.2) is 5.78 Å². The second-order valence-electron chi connectivity index (χ2n) is 8.20. The Bertz CT molecular complexity index is 1130. The van der Waals surface area contributed by atoms with Crippen LogP contribution < -0.4 is 0 Å². The van der Waals surface area contributed by atoms with E-state index in [1.807, 2.05) is 25.1 Å². The summed E-state index contributed by atoms with van der Waals surface area (Å²) in [6, 6.07) is 12.4. The summed E-state index contributed by atoms with van der Waals surface area (Å²) in [4.78, 5) is 20.5. The van der Waals surface area contributed by atoms with Crippen molar-refractivity contribution < 1.29 is 4.79 Å². The number of aromatic nitrogens is 2. The molecule has 1 aliphatic heterocycles. The highest BCUT2D eigenvalue weighted by molar-refractivity contribution is 9.10. The normalized spacial score (nSPS) is 19.7. The van der Waals surface area contributed by atoms with Crippen molar-refractivity contribution in [2.45, 2.75) is 52.1 Å². The fourth-order valence-electron chi connectivity index (χ4n) is 4.64. The molecule has 0 N–H and O–H groups in total. The van der Waals surface area contributed by atoms with E-state index in [9.17, 15) is 4.79 Å². The minimum Gasteiger partial charge on any atom is -0.311 e. The number of nitrogens with zero attached hydrogens (tertiary/aromatic N) is 4. The van der Waals surface area contributed by atoms with E-state index in [1.165, 1.54) is 6.42 Å². The number of piperidine rings is 1. The van der Waals surface area contributed by atoms with Gasteiger partial charge in [0.25, 0.3) is 0 Å². The summed E-state index contributed by atoms with van der Waals surface area (Å²) in [7, 11) is 0. The Morgan fingerprint density at radius 2 is 1.90 bits per heavy atom. The van der Waals surface area contributed by atoms with Gasteiger partial charge in [-0.2, -0.15) is 5.26 Å². The minimum atomic E-state index is 0.111. The summed E-state index contributed by atoms with van der Waals surface area (Å²) >= 11 is 3.52. The molecule has 6 heteroatoms. The van der Waals surface area contributed by atoms with Gasteiger partial charge >= 0.3 is 0 Å². The van der Waals surface area contributed by atoms with Crippen molar-refractivity contribution >= 4 is 32.7 Å². The van der Waals surface area contributed by atoms with Crippen LogP contribution in [0.3, 0.4) is 0 Å². The minimum absolute atomic E-state index is 0.111. The lowest BCUT2D eigenvalue weighted by Crippen LogP contribution is -2.46. The lowest BCUT2D eigenvalue weighted by Gasteiger charge is -2.38. The third kappa shape index (κ3) is 3.68. The predicted octanol–water partition coefficient (Wildman–Crippen LogP) is 5.41. The van der Waals surface area contributed by atoms with Crippen molar-refractivity contribution in [2.75, 3.05) is 6.54 Å². The highest BCUT2D eigenvalue weighted by atomic mass is 79.9. The van der Waals surface area contributed by atoms with Crippen LogP contribution in [0.25, 0.3) is 16.7 Å². The zero-order valence-electron chi connectivity index (χ0n) is 17.5. The Balaban J connectivity index is 1.81. The summed E-state index contributed by atoms with van der Waals surface area (Å²) in [5.74, 6) is 0.111. The van der Waals surface area contributed by atoms with Crippen molar-refractivity contribution in [3.8, 4) is 11.8 Å². The number of hydrogen-bond acceptors (Lipinski definition) is 4. The standard InChI is InChI=1S/C24H25BrN4O/c1-15-5-4-6-16(2)28(15)14-22(30)23-17(3)29(20-9-7-18(12-26)8-10-20)21-11-19(25)13-27-24(21)23/h7-11,13,15-16H,4-6,14H2,1-3H3/t15-,16-/m0/s1. The molecule has 1 fully saturated rings. The third-order valence-electron chi connectivity index (χ3n) is 6.24. The largest absolute Gasteiger partial charge is 0.311 e. The number of fused-ring (bicyclic) bond motifs is 1. The second kappa shape index (κ2) is 8.33. The molecule has 1 saturated heterocycles. The number of rotatable bonds is 4. The SMILES string of the molecule is Cc1c(C(=O)CN2[C@@H](C)CCC[C@@H]2C)c2ncc(Br)cc2n1-c1ccc(C#N)cc1. The van der Waals surface area contributed by atoms with E-state index in [2.05, 4.69) is 50.3 Å². The second-order valence-corrected chi connectivity index (χ2v) is 9.12. The topological polar surface area (TPSA) is 61.9 Å². The first-order valence-corrected chi connectivity index (χ1v) is 11.2. The Kier molecular flexibility index (Phi) is 5.77. The van der Waals surface area contributed by atoms with Crippen LogP contribution in [0.1, 0.15) is 54.7 Å². The molecule has 1 aromatic carbocycles. The van der Waals surface area contributed by atoms with Gasteiger partial charge in [0.2, 0.25) is 0 Å². The van der Waals surface area contributed by atoms with Gasteiger partial charge in [-0.05, 0) is 79.9 Å². The molecule has 0 bridgehead atoms. The summed E-state index contributed by atoms with van der Waals surface area (Å²) in [6.07, 6.45) is 5.23. The summed E-state index contributed by atoms with van der Waals surface area (Å²) in [5.41, 5.74) is 4.69. The summed E-state index contributed by atoms with van der Waals surface area (Å²) in [5, 5.41) is 9.11. The molecule has 5 nitrogen and oxygen atoms in total. The molecule has 30 heavy (non-hydrogen) atoms. The maximum Gasteiger partial charge on any atom is 0.180 e. The molecule has 0 spiro atoms. The van der Waals surface area contributed by atoms with Crippen LogP contribution in [0.5, 0.6) is 0 Å². The highest BCUT2D eigenvalue weighted by Crippen LogP contribution is 2.31. The maximum atomic E-state index is 13.5. The molecule has 3 heterocycles. The molecule has 0 saturated carbocycles. The van der Waals surface area contributed by atoms with Gasteiger partial charge < -0.3 is 4.57 Å². The Morgan fingerprint density at radius 1 is 1.23 bits per heavy atom. The van der Waals surface area contributed by atoms with Crippen LogP contribution in [0, 0.1) is 18.3 Å². The molecule has 4 rings (SSSR count). The molecule has 0 amide bonds. The average Bonchev–Trinajstić information content (AvgIpc) is 3.02. The van der Waals surface area contributed by atoms with Gasteiger partial charge in [-0.25, -0.2) is 0 Å². The maximum absolute atomic E-state index is 13.5. The molecular formula is C24H25BrN4O. The van der Waals surface area contributed by atoms with Gasteiger partial charge in [-0.1, -0.05) is 6.42 Å². The van der Waals surface area contributed by atoms with Crippen molar-refractivity contribution in [3.63, 3.8) is 0 Å². The molecule has 1 aliphatic rings. The monoisotopic (exact) mass is 464 g/mol. The van der Waals surface area contributed by atoms with E-state index >= 15 is 0 Å². The van der Waals surface area contributed by atoms with Gasteiger partial charge in [-0.3, -0.25) is 14.7 Å². The number of pyridine rings is 1. The fraction of sp³-hybridized carbons (Fsp3) is 0.375. The number of Topliss-reactive ketones (excluding diaryl/α,β-unsaturated/α-hetero) is 1. The van der Waals surface area contributed by atoms with Crippen molar-refractivity contribution in [3.05, 3.63) is 57.8 Å². The first-order valence-electron chi connectivity index (χ1n) is 10.4. The molecule has 2 atom stereocenters. The first-order chi connectivity index (χ1) is 14.4. The number of carbonyl (C=O) groups is 1. The van der Waals surface area contributed by atoms with Crippen molar-refractivity contribution in [1.82, 2.24) is 14.5 Å². The third-order valence-corrected chi connectivity index (χ3v) is 6.68. The molecule has 0 aliphatic carbocycles. The molecule has 0 unspecified atom stereocenters. The zero-order valence-corrected chi connectivity index (χ0v) is 19.1. The Hall–Kier alpha value is -2.49. The van der Waals surface area contributed by atoms with Gasteiger partial charge in [0.05, 0.1) is 34.8 Å². The number of benzene rings is 1. The lowest BCUT2D eigenvalue weighted by atomic mass is 9.96. The van der Waals surface area contributed by atoms with Crippen LogP contribution in [0.15, 0.2) is 41.0 Å². The first kappa shape index (κ1) is 20.8. The van der Waals surface area contributed by atoms with E-state index in [1.54, 1.807) is 18.3 Å². The zero-order chi connectivity index (χ0) is 21.4. The van der Waals surface area contributed by atoms with Crippen LogP contribution in [-0.2, 0) is 0 Å². The van der Waals surface area contributed by atoms with E-state index in [0.29, 0.717) is 29.8 Å². The van der Waals surface area contributed by atoms with Crippen molar-refractivity contribution in [1.29, 1.82) is 5.26 Å². The number of ketones is 1. The highest BCUT2D eigenvalue weighted by Gasteiger charge is 2.29. The van der Waals surface area contributed by atoms with Crippen LogP contribution in [-0.4, -0.2) is 38.9 Å². The van der Waals surface area contributed by atoms with Crippen LogP contribution in [0.2, 0.25) is 0 Å². The lowest BCUT2D eigenvalue weighted by molar-refractivity contribution is 0.0735. The summed E-state index contributed by atoms with van der Waals surface area (Å²) < 4.78 is 2.92. The number of carbonyl (C=O) groups excluding carboxylic acids is 1. The molecule has 3 aromatic rings. The van der Waals surface area contributed by atoms with Crippen molar-refractivity contribution in [2.24, 2.45) is 0 Å². The van der Waals surface area contributed by atoms with Crippen LogP contribution in [0.4, 0.5) is 0 Å². The van der Waals surface area contributed by atoms with E-state index < -0.39 is 0 Å². The number of nitriles is 1. The smallest absolute Gasteiger partial charge is 0.180 e. The number of halogens is 1. The Morgan fingerprint density at radius 3 is 2.53 bits per heavy atom. The number of likely N-dealkylation sites (tertiary alicyclic amines) is 1. The molecule has 0 radical (unpaired) electrons. The molecular weight excluding hydrogens is 440 g/mol. The summed E-state index contributed by atoms with van der Waals surface area (Å²) in [6.45, 7) is 6.81.